The highest BCUT2D eigenvalue weighted by atomic mass is 35.5. The average Bonchev–Trinajstić information content (AvgIpc) is 2.89. The van der Waals surface area contributed by atoms with Crippen LogP contribution in [0.4, 0.5) is 0 Å². The van der Waals surface area contributed by atoms with E-state index in [2.05, 4.69) is 15.5 Å². The first-order chi connectivity index (χ1) is 8.84. The molecule has 0 saturated carbocycles. The fraction of sp³-hybridized carbons (Fsp3) is 0.923. The molecule has 0 aromatic heterocycles. The van der Waals surface area contributed by atoms with Crippen LogP contribution in [0.2, 0.25) is 0 Å². The van der Waals surface area contributed by atoms with Gasteiger partial charge in [-0.25, -0.2) is 0 Å². The number of carbonyl (C=O) groups excluding carboxylic acids is 1. The van der Waals surface area contributed by atoms with Crippen molar-refractivity contribution in [2.75, 3.05) is 45.9 Å². The lowest BCUT2D eigenvalue weighted by Gasteiger charge is -2.27. The van der Waals surface area contributed by atoms with Crippen LogP contribution in [0.5, 0.6) is 0 Å². The van der Waals surface area contributed by atoms with E-state index in [9.17, 15) is 4.79 Å². The Morgan fingerprint density at radius 1 is 1.37 bits per heavy atom. The van der Waals surface area contributed by atoms with Crippen LogP contribution in [-0.4, -0.2) is 62.8 Å². The number of nitrogens with one attached hydrogen (secondary N) is 2. The van der Waals surface area contributed by atoms with Crippen LogP contribution in [0.3, 0.4) is 0 Å². The molecule has 0 radical (unpaired) electrons. The Balaban J connectivity index is 0.00000180. The van der Waals surface area contributed by atoms with E-state index in [-0.39, 0.29) is 24.4 Å². The van der Waals surface area contributed by atoms with Gasteiger partial charge >= 0.3 is 0 Å². The standard InChI is InChI=1S/C13H25N3O2.ClH/c17-13(11-12-3-1-10-18-12)15-4-2-7-16-8-5-14-6-9-16;/h12,14H,1-11H2,(H,15,17);1H. The Labute approximate surface area is 121 Å². The largest absolute Gasteiger partial charge is 0.378 e. The van der Waals surface area contributed by atoms with E-state index < -0.39 is 0 Å². The molecule has 19 heavy (non-hydrogen) atoms. The third kappa shape index (κ3) is 6.56. The molecule has 2 aliphatic rings. The Morgan fingerprint density at radius 3 is 2.84 bits per heavy atom. The molecule has 0 spiro atoms. The second-order valence-electron chi connectivity index (χ2n) is 5.13. The number of halogens is 1. The van der Waals surface area contributed by atoms with Gasteiger partial charge in [-0.1, -0.05) is 0 Å². The van der Waals surface area contributed by atoms with Crippen LogP contribution >= 0.6 is 12.4 Å². The maximum atomic E-state index is 11.6. The number of rotatable bonds is 6. The quantitative estimate of drug-likeness (QED) is 0.695. The molecule has 0 bridgehead atoms. The van der Waals surface area contributed by atoms with Gasteiger partial charge in [0, 0.05) is 39.3 Å². The summed E-state index contributed by atoms with van der Waals surface area (Å²) in [5.41, 5.74) is 0. The second-order valence-corrected chi connectivity index (χ2v) is 5.13. The van der Waals surface area contributed by atoms with E-state index in [1.807, 2.05) is 0 Å². The number of hydrogen-bond donors (Lipinski definition) is 2. The number of nitrogens with zero attached hydrogens (tertiary/aromatic N) is 1. The van der Waals surface area contributed by atoms with Gasteiger partial charge in [0.15, 0.2) is 0 Å². The topological polar surface area (TPSA) is 53.6 Å². The molecule has 5 nitrogen and oxygen atoms in total. The second kappa shape index (κ2) is 9.53. The molecule has 1 unspecified atom stereocenters. The fourth-order valence-corrected chi connectivity index (χ4v) is 2.55. The molecule has 2 heterocycles. The monoisotopic (exact) mass is 291 g/mol. The number of amides is 1. The van der Waals surface area contributed by atoms with Crippen molar-refractivity contribution in [2.24, 2.45) is 0 Å². The Bertz CT molecular complexity index is 254. The Hall–Kier alpha value is -0.360. The molecule has 1 amide bonds. The highest BCUT2D eigenvalue weighted by molar-refractivity contribution is 5.85. The molecular weight excluding hydrogens is 266 g/mol. The minimum Gasteiger partial charge on any atom is -0.378 e. The van der Waals surface area contributed by atoms with E-state index in [1.54, 1.807) is 0 Å². The van der Waals surface area contributed by atoms with E-state index in [1.165, 1.54) is 0 Å². The van der Waals surface area contributed by atoms with Gasteiger partial charge in [0.25, 0.3) is 0 Å². The van der Waals surface area contributed by atoms with Crippen molar-refractivity contribution >= 4 is 18.3 Å². The zero-order chi connectivity index (χ0) is 12.6. The molecule has 1 atom stereocenters. The van der Waals surface area contributed by atoms with Gasteiger partial charge in [-0.3, -0.25) is 4.79 Å². The van der Waals surface area contributed by atoms with Gasteiger partial charge in [-0.05, 0) is 25.8 Å². The number of carbonyl (C=O) groups is 1. The zero-order valence-corrected chi connectivity index (χ0v) is 12.3. The summed E-state index contributed by atoms with van der Waals surface area (Å²) in [5, 5.41) is 6.33. The van der Waals surface area contributed by atoms with Crippen LogP contribution in [0.15, 0.2) is 0 Å². The lowest BCUT2D eigenvalue weighted by molar-refractivity contribution is -0.123. The van der Waals surface area contributed by atoms with E-state index in [0.29, 0.717) is 6.42 Å². The molecule has 6 heteroatoms. The minimum atomic E-state index is 0. The van der Waals surface area contributed by atoms with Crippen LogP contribution in [0.1, 0.15) is 25.7 Å². The van der Waals surface area contributed by atoms with E-state index in [4.69, 9.17) is 4.74 Å². The Morgan fingerprint density at radius 2 is 2.16 bits per heavy atom. The molecule has 2 fully saturated rings. The normalized spacial score (nSPS) is 23.9. The molecule has 0 aliphatic carbocycles. The summed E-state index contributed by atoms with van der Waals surface area (Å²) >= 11 is 0. The van der Waals surface area contributed by atoms with Gasteiger partial charge < -0.3 is 20.3 Å². The molecule has 0 aromatic carbocycles. The number of ether oxygens (including phenoxy) is 1. The summed E-state index contributed by atoms with van der Waals surface area (Å²) in [4.78, 5) is 14.1. The fourth-order valence-electron chi connectivity index (χ4n) is 2.55. The maximum Gasteiger partial charge on any atom is 0.222 e. The minimum absolute atomic E-state index is 0. The van der Waals surface area contributed by atoms with Crippen molar-refractivity contribution in [1.29, 1.82) is 0 Å². The van der Waals surface area contributed by atoms with Crippen molar-refractivity contribution in [3.63, 3.8) is 0 Å². The van der Waals surface area contributed by atoms with Crippen LogP contribution in [0.25, 0.3) is 0 Å². The molecule has 2 rings (SSSR count). The van der Waals surface area contributed by atoms with E-state index >= 15 is 0 Å². The first-order valence-electron chi connectivity index (χ1n) is 7.16. The van der Waals surface area contributed by atoms with E-state index in [0.717, 1.165) is 65.1 Å². The predicted molar refractivity (Wildman–Crippen MR) is 77.8 cm³/mol. The third-order valence-corrected chi connectivity index (χ3v) is 3.62. The molecule has 2 saturated heterocycles. The van der Waals surface area contributed by atoms with Crippen molar-refractivity contribution in [2.45, 2.75) is 31.8 Å². The summed E-state index contributed by atoms with van der Waals surface area (Å²) in [7, 11) is 0. The van der Waals surface area contributed by atoms with Gasteiger partial charge in [0.2, 0.25) is 5.91 Å². The SMILES string of the molecule is Cl.O=C(CC1CCCO1)NCCCN1CCNCC1. The molecule has 112 valence electrons. The molecule has 0 aromatic rings. The summed E-state index contributed by atoms with van der Waals surface area (Å²) < 4.78 is 5.45. The summed E-state index contributed by atoms with van der Waals surface area (Å²) in [6, 6.07) is 0. The van der Waals surface area contributed by atoms with Crippen molar-refractivity contribution in [1.82, 2.24) is 15.5 Å². The van der Waals surface area contributed by atoms with Crippen LogP contribution in [0, 0.1) is 0 Å². The first kappa shape index (κ1) is 16.7. The summed E-state index contributed by atoms with van der Waals surface area (Å²) in [6.45, 7) is 7.13. The predicted octanol–water partition coefficient (Wildman–Crippen LogP) is 0.389. The highest BCUT2D eigenvalue weighted by Gasteiger charge is 2.18. The van der Waals surface area contributed by atoms with Crippen LogP contribution < -0.4 is 10.6 Å². The average molecular weight is 292 g/mol. The number of hydrogen-bond acceptors (Lipinski definition) is 4. The molecule has 2 N–H and O–H groups in total. The molecular formula is C13H26ClN3O2. The lowest BCUT2D eigenvalue weighted by Crippen LogP contribution is -2.44. The zero-order valence-electron chi connectivity index (χ0n) is 11.5. The first-order valence-corrected chi connectivity index (χ1v) is 7.16. The van der Waals surface area contributed by atoms with Gasteiger partial charge in [-0.15, -0.1) is 12.4 Å². The highest BCUT2D eigenvalue weighted by Crippen LogP contribution is 2.14. The van der Waals surface area contributed by atoms with Crippen LogP contribution in [-0.2, 0) is 9.53 Å². The maximum absolute atomic E-state index is 11.6. The Kier molecular flexibility index (Phi) is 8.37. The van der Waals surface area contributed by atoms with Gasteiger partial charge in [-0.2, -0.15) is 0 Å². The summed E-state index contributed by atoms with van der Waals surface area (Å²) in [6.07, 6.45) is 3.87. The molecule has 2 aliphatic heterocycles. The van der Waals surface area contributed by atoms with Crippen molar-refractivity contribution in [3.05, 3.63) is 0 Å². The van der Waals surface area contributed by atoms with Gasteiger partial charge in [0.05, 0.1) is 12.5 Å². The smallest absolute Gasteiger partial charge is 0.222 e. The van der Waals surface area contributed by atoms with Crippen molar-refractivity contribution < 1.29 is 9.53 Å². The number of piperazine rings is 1. The third-order valence-electron chi connectivity index (χ3n) is 3.62. The van der Waals surface area contributed by atoms with Gasteiger partial charge in [0.1, 0.15) is 0 Å². The summed E-state index contributed by atoms with van der Waals surface area (Å²) in [5.74, 6) is 0.141. The lowest BCUT2D eigenvalue weighted by atomic mass is 10.2. The van der Waals surface area contributed by atoms with Crippen molar-refractivity contribution in [3.8, 4) is 0 Å².